The smallest absolute Gasteiger partial charge is 0.170 e. The van der Waals surface area contributed by atoms with Crippen molar-refractivity contribution in [2.45, 2.75) is 44.6 Å². The minimum absolute atomic E-state index is 0.507. The van der Waals surface area contributed by atoms with Crippen LogP contribution in [0.25, 0.3) is 0 Å². The molecule has 0 saturated heterocycles. The summed E-state index contributed by atoms with van der Waals surface area (Å²) in [5.41, 5.74) is 0.947. The van der Waals surface area contributed by atoms with Crippen LogP contribution in [0.1, 0.15) is 38.5 Å². The van der Waals surface area contributed by atoms with E-state index in [1.54, 1.807) is 6.08 Å². The maximum Gasteiger partial charge on any atom is 0.170 e. The lowest BCUT2D eigenvalue weighted by Crippen LogP contribution is -2.37. The van der Waals surface area contributed by atoms with Crippen molar-refractivity contribution in [1.82, 2.24) is 5.32 Å². The molecule has 0 atom stereocenters. The molecule has 1 aromatic carbocycles. The first-order valence-electron chi connectivity index (χ1n) is 7.69. The molecule has 1 aliphatic carbocycles. The van der Waals surface area contributed by atoms with Gasteiger partial charge in [-0.2, -0.15) is 0 Å². The van der Waals surface area contributed by atoms with Gasteiger partial charge in [0.1, 0.15) is 12.4 Å². The number of hydrogen-bond donors (Lipinski definition) is 2. The van der Waals surface area contributed by atoms with E-state index in [1.165, 1.54) is 38.5 Å². The fourth-order valence-electron chi connectivity index (χ4n) is 2.60. The third-order valence-electron chi connectivity index (χ3n) is 3.65. The van der Waals surface area contributed by atoms with Gasteiger partial charge in [-0.1, -0.05) is 44.4 Å². The molecule has 0 unspecified atom stereocenters. The number of anilines is 1. The summed E-state index contributed by atoms with van der Waals surface area (Å²) < 4.78 is 5.52. The van der Waals surface area contributed by atoms with Gasteiger partial charge in [-0.3, -0.25) is 0 Å². The molecule has 4 heteroatoms. The Bertz CT molecular complexity index is 468. The van der Waals surface area contributed by atoms with E-state index in [0.29, 0.717) is 17.8 Å². The zero-order valence-corrected chi connectivity index (χ0v) is 13.3. The van der Waals surface area contributed by atoms with E-state index in [9.17, 15) is 0 Å². The van der Waals surface area contributed by atoms with E-state index in [0.717, 1.165) is 11.4 Å². The maximum absolute atomic E-state index is 5.52. The SMILES string of the molecule is C=CCOc1cccc(NC(=S)NC2CCCCCC2)c1. The van der Waals surface area contributed by atoms with Crippen molar-refractivity contribution in [3.05, 3.63) is 36.9 Å². The molecule has 1 saturated carbocycles. The van der Waals surface area contributed by atoms with E-state index in [1.807, 2.05) is 24.3 Å². The van der Waals surface area contributed by atoms with Gasteiger partial charge in [-0.05, 0) is 37.2 Å². The van der Waals surface area contributed by atoms with Gasteiger partial charge in [0.25, 0.3) is 0 Å². The Labute approximate surface area is 132 Å². The summed E-state index contributed by atoms with van der Waals surface area (Å²) >= 11 is 5.41. The van der Waals surface area contributed by atoms with Crippen LogP contribution in [0, 0.1) is 0 Å². The second-order valence-electron chi connectivity index (χ2n) is 5.41. The number of ether oxygens (including phenoxy) is 1. The molecule has 114 valence electrons. The van der Waals surface area contributed by atoms with E-state index < -0.39 is 0 Å². The second-order valence-corrected chi connectivity index (χ2v) is 5.82. The van der Waals surface area contributed by atoms with Gasteiger partial charge in [0.05, 0.1) is 0 Å². The first kappa shape index (κ1) is 15.8. The first-order valence-corrected chi connectivity index (χ1v) is 8.10. The van der Waals surface area contributed by atoms with Gasteiger partial charge in [-0.15, -0.1) is 0 Å². The van der Waals surface area contributed by atoms with E-state index in [2.05, 4.69) is 17.2 Å². The molecule has 0 bridgehead atoms. The highest BCUT2D eigenvalue weighted by Gasteiger charge is 2.12. The highest BCUT2D eigenvalue weighted by atomic mass is 32.1. The maximum atomic E-state index is 5.52. The van der Waals surface area contributed by atoms with Crippen molar-refractivity contribution in [1.29, 1.82) is 0 Å². The molecular weight excluding hydrogens is 280 g/mol. The van der Waals surface area contributed by atoms with Gasteiger partial charge in [-0.25, -0.2) is 0 Å². The molecule has 21 heavy (non-hydrogen) atoms. The fraction of sp³-hybridized carbons (Fsp3) is 0.471. The largest absolute Gasteiger partial charge is 0.489 e. The number of thiocarbonyl (C=S) groups is 1. The van der Waals surface area contributed by atoms with E-state index in [4.69, 9.17) is 17.0 Å². The lowest BCUT2D eigenvalue weighted by Gasteiger charge is -2.19. The molecule has 1 aromatic rings. The monoisotopic (exact) mass is 304 g/mol. The van der Waals surface area contributed by atoms with E-state index in [-0.39, 0.29) is 0 Å². The van der Waals surface area contributed by atoms with Crippen LogP contribution in [0.2, 0.25) is 0 Å². The molecule has 0 heterocycles. The molecule has 0 spiro atoms. The van der Waals surface area contributed by atoms with Crippen molar-refractivity contribution >= 4 is 23.0 Å². The lowest BCUT2D eigenvalue weighted by molar-refractivity contribution is 0.363. The molecular formula is C17H24N2OS. The van der Waals surface area contributed by atoms with Crippen LogP contribution in [0.4, 0.5) is 5.69 Å². The minimum Gasteiger partial charge on any atom is -0.489 e. The summed E-state index contributed by atoms with van der Waals surface area (Å²) in [6.45, 7) is 4.16. The predicted octanol–water partition coefficient (Wildman–Crippen LogP) is 4.26. The molecule has 0 radical (unpaired) electrons. The van der Waals surface area contributed by atoms with Crippen molar-refractivity contribution in [2.24, 2.45) is 0 Å². The Morgan fingerprint density at radius 3 is 2.76 bits per heavy atom. The second kappa shape index (κ2) is 8.67. The van der Waals surface area contributed by atoms with Gasteiger partial charge in [0.15, 0.2) is 5.11 Å². The summed E-state index contributed by atoms with van der Waals surface area (Å²) in [4.78, 5) is 0. The average molecular weight is 304 g/mol. The zero-order chi connectivity index (χ0) is 14.9. The van der Waals surface area contributed by atoms with Crippen LogP contribution >= 0.6 is 12.2 Å². The van der Waals surface area contributed by atoms with Gasteiger partial charge >= 0.3 is 0 Å². The normalized spacial score (nSPS) is 15.8. The molecule has 0 amide bonds. The fourth-order valence-corrected chi connectivity index (χ4v) is 2.88. The van der Waals surface area contributed by atoms with Crippen LogP contribution in [0.3, 0.4) is 0 Å². The van der Waals surface area contributed by atoms with Gasteiger partial charge < -0.3 is 15.4 Å². The zero-order valence-electron chi connectivity index (χ0n) is 12.4. The van der Waals surface area contributed by atoms with Crippen molar-refractivity contribution < 1.29 is 4.74 Å². The highest BCUT2D eigenvalue weighted by Crippen LogP contribution is 2.19. The molecule has 0 aromatic heterocycles. The van der Waals surface area contributed by atoms with E-state index >= 15 is 0 Å². The van der Waals surface area contributed by atoms with Crippen LogP contribution in [0.15, 0.2) is 36.9 Å². The van der Waals surface area contributed by atoms with Crippen LogP contribution < -0.4 is 15.4 Å². The Morgan fingerprint density at radius 2 is 2.05 bits per heavy atom. The summed E-state index contributed by atoms with van der Waals surface area (Å²) in [7, 11) is 0. The van der Waals surface area contributed by atoms with Gasteiger partial charge in [0, 0.05) is 17.8 Å². The Morgan fingerprint density at radius 1 is 1.29 bits per heavy atom. The Kier molecular flexibility index (Phi) is 6.54. The summed E-state index contributed by atoms with van der Waals surface area (Å²) in [6, 6.07) is 8.32. The summed E-state index contributed by atoms with van der Waals surface area (Å²) in [5.74, 6) is 0.817. The van der Waals surface area contributed by atoms with Crippen LogP contribution in [0.5, 0.6) is 5.75 Å². The molecule has 2 rings (SSSR count). The third-order valence-corrected chi connectivity index (χ3v) is 3.87. The van der Waals surface area contributed by atoms with Crippen molar-refractivity contribution in [3.63, 3.8) is 0 Å². The molecule has 1 fully saturated rings. The Hall–Kier alpha value is -1.55. The number of hydrogen-bond acceptors (Lipinski definition) is 2. The topological polar surface area (TPSA) is 33.3 Å². The lowest BCUT2D eigenvalue weighted by atomic mass is 10.1. The highest BCUT2D eigenvalue weighted by molar-refractivity contribution is 7.80. The Balaban J connectivity index is 1.85. The molecule has 2 N–H and O–H groups in total. The molecule has 3 nitrogen and oxygen atoms in total. The van der Waals surface area contributed by atoms with Gasteiger partial charge in [0.2, 0.25) is 0 Å². The number of nitrogens with one attached hydrogen (secondary N) is 2. The average Bonchev–Trinajstić information content (AvgIpc) is 2.74. The van der Waals surface area contributed by atoms with Crippen LogP contribution in [-0.2, 0) is 0 Å². The minimum atomic E-state index is 0.507. The van der Waals surface area contributed by atoms with Crippen molar-refractivity contribution in [3.8, 4) is 5.75 Å². The third kappa shape index (κ3) is 5.76. The molecule has 0 aliphatic heterocycles. The first-order chi connectivity index (χ1) is 10.3. The number of benzene rings is 1. The number of rotatable bonds is 5. The summed E-state index contributed by atoms with van der Waals surface area (Å²) in [5, 5.41) is 7.37. The quantitative estimate of drug-likeness (QED) is 0.484. The predicted molar refractivity (Wildman–Crippen MR) is 93.0 cm³/mol. The standard InChI is InChI=1S/C17H24N2OS/c1-2-12-20-16-11-7-10-15(13-16)19-17(21)18-14-8-5-3-4-6-9-14/h2,7,10-11,13-14H,1,3-6,8-9,12H2,(H2,18,19,21). The van der Waals surface area contributed by atoms with Crippen molar-refractivity contribution in [2.75, 3.05) is 11.9 Å². The summed E-state index contributed by atoms with van der Waals surface area (Å²) in [6.07, 6.45) is 9.45. The van der Waals surface area contributed by atoms with Crippen LogP contribution in [-0.4, -0.2) is 17.8 Å². The molecule has 1 aliphatic rings.